The maximum absolute atomic E-state index is 11.2. The highest BCUT2D eigenvalue weighted by Crippen LogP contribution is 2.19. The fourth-order valence-electron chi connectivity index (χ4n) is 1.85. The summed E-state index contributed by atoms with van der Waals surface area (Å²) in [7, 11) is 0. The second-order valence-electron chi connectivity index (χ2n) is 3.60. The minimum Gasteiger partial charge on any atom is -0.361 e. The molecule has 1 aromatic heterocycles. The zero-order chi connectivity index (χ0) is 9.26. The molecule has 1 saturated heterocycles. The van der Waals surface area contributed by atoms with Gasteiger partial charge in [-0.05, 0) is 26.3 Å². The molecule has 1 aliphatic heterocycles. The van der Waals surface area contributed by atoms with Gasteiger partial charge in [0.25, 0.3) is 0 Å². The van der Waals surface area contributed by atoms with Crippen molar-refractivity contribution < 1.29 is 0 Å². The standard InChI is InChI=1S/C10H14N2O.2ClH/c1-7-5-8(13)6-10(12-7)9-3-2-4-11-9;;/h5-6,9,11H,2-4H2,1H3,(H,12,13);2*1H. The van der Waals surface area contributed by atoms with Gasteiger partial charge in [-0.15, -0.1) is 24.8 Å². The lowest BCUT2D eigenvalue weighted by atomic mass is 10.1. The molecule has 0 aliphatic carbocycles. The molecule has 0 spiro atoms. The van der Waals surface area contributed by atoms with E-state index in [1.807, 2.05) is 6.92 Å². The van der Waals surface area contributed by atoms with E-state index >= 15 is 0 Å². The molecule has 1 atom stereocenters. The molecule has 15 heavy (non-hydrogen) atoms. The number of hydrogen-bond donors (Lipinski definition) is 2. The van der Waals surface area contributed by atoms with Crippen LogP contribution in [-0.4, -0.2) is 11.5 Å². The minimum atomic E-state index is 0. The molecule has 1 aromatic rings. The van der Waals surface area contributed by atoms with Gasteiger partial charge in [-0.25, -0.2) is 0 Å². The van der Waals surface area contributed by atoms with Crippen molar-refractivity contribution in [3.05, 3.63) is 33.7 Å². The predicted molar refractivity (Wildman–Crippen MR) is 66.3 cm³/mol. The highest BCUT2D eigenvalue weighted by molar-refractivity contribution is 5.85. The normalized spacial score (nSPS) is 19.1. The summed E-state index contributed by atoms with van der Waals surface area (Å²) < 4.78 is 0. The van der Waals surface area contributed by atoms with Crippen molar-refractivity contribution in [3.63, 3.8) is 0 Å². The van der Waals surface area contributed by atoms with Crippen molar-refractivity contribution in [2.75, 3.05) is 6.54 Å². The van der Waals surface area contributed by atoms with Crippen LogP contribution in [0.4, 0.5) is 0 Å². The molecule has 1 aliphatic rings. The molecule has 1 unspecified atom stereocenters. The van der Waals surface area contributed by atoms with Gasteiger partial charge in [0, 0.05) is 29.6 Å². The van der Waals surface area contributed by atoms with Crippen molar-refractivity contribution >= 4 is 24.8 Å². The summed E-state index contributed by atoms with van der Waals surface area (Å²) in [4.78, 5) is 14.4. The highest BCUT2D eigenvalue weighted by atomic mass is 35.5. The van der Waals surface area contributed by atoms with E-state index in [-0.39, 0.29) is 30.2 Å². The molecule has 86 valence electrons. The lowest BCUT2D eigenvalue weighted by Crippen LogP contribution is -2.17. The predicted octanol–water partition coefficient (Wildman–Crippen LogP) is 1.95. The van der Waals surface area contributed by atoms with Crippen LogP contribution in [0.25, 0.3) is 0 Å². The monoisotopic (exact) mass is 250 g/mol. The van der Waals surface area contributed by atoms with Gasteiger partial charge in [-0.3, -0.25) is 4.79 Å². The van der Waals surface area contributed by atoms with Gasteiger partial charge < -0.3 is 10.3 Å². The van der Waals surface area contributed by atoms with E-state index in [2.05, 4.69) is 10.3 Å². The molecule has 2 heterocycles. The number of nitrogens with one attached hydrogen (secondary N) is 2. The van der Waals surface area contributed by atoms with Gasteiger partial charge in [0.2, 0.25) is 0 Å². The third-order valence-electron chi connectivity index (χ3n) is 2.43. The van der Waals surface area contributed by atoms with Crippen LogP contribution < -0.4 is 10.7 Å². The first-order valence-corrected chi connectivity index (χ1v) is 4.70. The van der Waals surface area contributed by atoms with Crippen LogP contribution in [-0.2, 0) is 0 Å². The molecule has 2 rings (SSSR count). The van der Waals surface area contributed by atoms with Crippen LogP contribution in [0, 0.1) is 6.92 Å². The van der Waals surface area contributed by atoms with Crippen LogP contribution in [0.5, 0.6) is 0 Å². The first-order chi connectivity index (χ1) is 6.25. The Morgan fingerprint density at radius 3 is 2.60 bits per heavy atom. The lowest BCUT2D eigenvalue weighted by molar-refractivity contribution is 0.625. The second-order valence-corrected chi connectivity index (χ2v) is 3.60. The Morgan fingerprint density at radius 1 is 1.33 bits per heavy atom. The molecule has 0 radical (unpaired) electrons. The van der Waals surface area contributed by atoms with Crippen molar-refractivity contribution in [3.8, 4) is 0 Å². The van der Waals surface area contributed by atoms with Gasteiger partial charge in [-0.1, -0.05) is 0 Å². The molecule has 1 fully saturated rings. The van der Waals surface area contributed by atoms with E-state index in [1.54, 1.807) is 12.1 Å². The Labute approximate surface area is 101 Å². The Morgan fingerprint density at radius 2 is 2.07 bits per heavy atom. The molecule has 0 bridgehead atoms. The zero-order valence-electron chi connectivity index (χ0n) is 8.58. The molecule has 3 nitrogen and oxygen atoms in total. The molecule has 2 N–H and O–H groups in total. The van der Waals surface area contributed by atoms with Gasteiger partial charge in [0.05, 0.1) is 0 Å². The van der Waals surface area contributed by atoms with Gasteiger partial charge in [-0.2, -0.15) is 0 Å². The third kappa shape index (κ3) is 3.52. The van der Waals surface area contributed by atoms with E-state index in [0.717, 1.165) is 24.4 Å². The Balaban J connectivity index is 0.000000980. The maximum atomic E-state index is 11.2. The first-order valence-electron chi connectivity index (χ1n) is 4.70. The summed E-state index contributed by atoms with van der Waals surface area (Å²) in [5, 5.41) is 3.36. The number of aromatic nitrogens is 1. The average Bonchev–Trinajstić information content (AvgIpc) is 2.53. The SMILES string of the molecule is Cc1cc(=O)cc(C2CCCN2)[nH]1.Cl.Cl. The largest absolute Gasteiger partial charge is 0.361 e. The van der Waals surface area contributed by atoms with E-state index in [0.29, 0.717) is 6.04 Å². The van der Waals surface area contributed by atoms with Crippen molar-refractivity contribution in [2.45, 2.75) is 25.8 Å². The second kappa shape index (κ2) is 6.16. The molecule has 0 aromatic carbocycles. The first kappa shape index (κ1) is 14.5. The third-order valence-corrected chi connectivity index (χ3v) is 2.43. The number of hydrogen-bond acceptors (Lipinski definition) is 2. The van der Waals surface area contributed by atoms with Crippen LogP contribution >= 0.6 is 24.8 Å². The fourth-order valence-corrected chi connectivity index (χ4v) is 1.85. The van der Waals surface area contributed by atoms with Crippen molar-refractivity contribution in [2.24, 2.45) is 0 Å². The summed E-state index contributed by atoms with van der Waals surface area (Å²) in [6, 6.07) is 3.67. The number of rotatable bonds is 1. The number of pyridine rings is 1. The maximum Gasteiger partial charge on any atom is 0.182 e. The molecular weight excluding hydrogens is 235 g/mol. The molecule has 5 heteroatoms. The lowest BCUT2D eigenvalue weighted by Gasteiger charge is -2.10. The van der Waals surface area contributed by atoms with E-state index in [9.17, 15) is 4.79 Å². The van der Waals surface area contributed by atoms with Crippen molar-refractivity contribution in [1.29, 1.82) is 0 Å². The Kier molecular flexibility index (Phi) is 5.95. The molecule has 0 saturated carbocycles. The van der Waals surface area contributed by atoms with Crippen LogP contribution in [0.1, 0.15) is 30.3 Å². The number of halogens is 2. The summed E-state index contributed by atoms with van der Waals surface area (Å²) in [6.07, 6.45) is 2.32. The van der Waals surface area contributed by atoms with Crippen molar-refractivity contribution in [1.82, 2.24) is 10.3 Å². The average molecular weight is 251 g/mol. The molecule has 0 amide bonds. The number of aryl methyl sites for hydroxylation is 1. The Bertz CT molecular complexity index is 359. The fraction of sp³-hybridized carbons (Fsp3) is 0.500. The van der Waals surface area contributed by atoms with E-state index in [4.69, 9.17) is 0 Å². The van der Waals surface area contributed by atoms with Crippen LogP contribution in [0.3, 0.4) is 0 Å². The number of aromatic amines is 1. The highest BCUT2D eigenvalue weighted by Gasteiger charge is 2.16. The summed E-state index contributed by atoms with van der Waals surface area (Å²) in [6.45, 7) is 2.97. The van der Waals surface area contributed by atoms with E-state index in [1.165, 1.54) is 6.42 Å². The molecular formula is C10H16Cl2N2O. The number of H-pyrrole nitrogens is 1. The van der Waals surface area contributed by atoms with Gasteiger partial charge in [0.1, 0.15) is 0 Å². The van der Waals surface area contributed by atoms with Crippen LogP contribution in [0.15, 0.2) is 16.9 Å². The van der Waals surface area contributed by atoms with Gasteiger partial charge in [0.15, 0.2) is 5.43 Å². The quantitative estimate of drug-likeness (QED) is 0.801. The van der Waals surface area contributed by atoms with E-state index < -0.39 is 0 Å². The summed E-state index contributed by atoms with van der Waals surface area (Å²) in [5.41, 5.74) is 2.07. The Hall–Kier alpha value is -0.510. The van der Waals surface area contributed by atoms with Gasteiger partial charge >= 0.3 is 0 Å². The zero-order valence-corrected chi connectivity index (χ0v) is 10.2. The smallest absolute Gasteiger partial charge is 0.182 e. The summed E-state index contributed by atoms with van der Waals surface area (Å²) in [5.74, 6) is 0. The minimum absolute atomic E-state index is 0. The van der Waals surface area contributed by atoms with Crippen LogP contribution in [0.2, 0.25) is 0 Å². The summed E-state index contributed by atoms with van der Waals surface area (Å²) >= 11 is 0. The topological polar surface area (TPSA) is 44.9 Å².